The molecule has 120 valence electrons. The third kappa shape index (κ3) is 4.20. The molecule has 4 atom stereocenters. The number of nitrogens with zero attached hydrogens (tertiary/aromatic N) is 2. The molecule has 2 saturated carbocycles. The van der Waals surface area contributed by atoms with Gasteiger partial charge in [-0.15, -0.1) is 0 Å². The van der Waals surface area contributed by atoms with Gasteiger partial charge in [-0.1, -0.05) is 19.8 Å². The molecule has 0 aromatic heterocycles. The fourth-order valence-corrected chi connectivity index (χ4v) is 4.48. The van der Waals surface area contributed by atoms with E-state index in [1.165, 1.54) is 38.5 Å². The van der Waals surface area contributed by atoms with E-state index in [9.17, 15) is 5.26 Å². The van der Waals surface area contributed by atoms with Gasteiger partial charge in [-0.3, -0.25) is 5.32 Å². The zero-order valence-corrected chi connectivity index (χ0v) is 14.4. The summed E-state index contributed by atoms with van der Waals surface area (Å²) in [6.45, 7) is 6.69. The van der Waals surface area contributed by atoms with Gasteiger partial charge in [0.15, 0.2) is 0 Å². The zero-order chi connectivity index (χ0) is 15.5. The van der Waals surface area contributed by atoms with Gasteiger partial charge in [0.05, 0.1) is 6.07 Å². The van der Waals surface area contributed by atoms with Crippen molar-refractivity contribution >= 4 is 0 Å². The summed E-state index contributed by atoms with van der Waals surface area (Å²) in [5, 5.41) is 13.3. The number of nitriles is 1. The first-order valence-corrected chi connectivity index (χ1v) is 8.86. The van der Waals surface area contributed by atoms with Crippen molar-refractivity contribution in [2.24, 2.45) is 5.92 Å². The summed E-state index contributed by atoms with van der Waals surface area (Å²) >= 11 is 0. The maximum atomic E-state index is 9.71. The Labute approximate surface area is 131 Å². The summed E-state index contributed by atoms with van der Waals surface area (Å²) in [5.41, 5.74) is -0.300. The Hall–Kier alpha value is -0.590. The Balaban J connectivity index is 2.01. The Morgan fingerprint density at radius 1 is 1.19 bits per heavy atom. The van der Waals surface area contributed by atoms with Gasteiger partial charge in [-0.25, -0.2) is 0 Å². The first-order valence-electron chi connectivity index (χ1n) is 8.86. The van der Waals surface area contributed by atoms with Gasteiger partial charge in [0.1, 0.15) is 5.54 Å². The van der Waals surface area contributed by atoms with Crippen molar-refractivity contribution < 1.29 is 0 Å². The summed E-state index contributed by atoms with van der Waals surface area (Å²) in [6.07, 6.45) is 9.87. The average molecular weight is 291 g/mol. The Bertz CT molecular complexity index is 373. The highest BCUT2D eigenvalue weighted by Crippen LogP contribution is 2.35. The molecule has 0 radical (unpaired) electrons. The van der Waals surface area contributed by atoms with Gasteiger partial charge < -0.3 is 4.90 Å². The predicted molar refractivity (Wildman–Crippen MR) is 88.1 cm³/mol. The highest BCUT2D eigenvalue weighted by Gasteiger charge is 2.39. The second-order valence-corrected chi connectivity index (χ2v) is 7.83. The molecule has 0 aromatic rings. The lowest BCUT2D eigenvalue weighted by Crippen LogP contribution is -2.55. The molecule has 0 spiro atoms. The van der Waals surface area contributed by atoms with E-state index >= 15 is 0 Å². The zero-order valence-electron chi connectivity index (χ0n) is 14.4. The number of rotatable bonds is 4. The van der Waals surface area contributed by atoms with Crippen LogP contribution in [0.4, 0.5) is 0 Å². The van der Waals surface area contributed by atoms with Gasteiger partial charge in [-0.2, -0.15) is 5.26 Å². The van der Waals surface area contributed by atoms with Crippen molar-refractivity contribution in [1.29, 1.82) is 5.26 Å². The quantitative estimate of drug-likeness (QED) is 0.858. The van der Waals surface area contributed by atoms with E-state index in [-0.39, 0.29) is 5.54 Å². The SMILES string of the molecule is CC1CCCC(N(C)C2CCCC(C#N)(NC(C)C)C2)C1. The molecule has 0 heterocycles. The number of hydrogen-bond donors (Lipinski definition) is 1. The van der Waals surface area contributed by atoms with Crippen LogP contribution in [0.25, 0.3) is 0 Å². The van der Waals surface area contributed by atoms with Crippen molar-refractivity contribution in [3.8, 4) is 6.07 Å². The molecule has 3 nitrogen and oxygen atoms in total. The molecule has 0 amide bonds. The molecular formula is C18H33N3. The lowest BCUT2D eigenvalue weighted by molar-refractivity contribution is 0.0736. The van der Waals surface area contributed by atoms with Crippen molar-refractivity contribution in [2.45, 2.75) is 95.8 Å². The van der Waals surface area contributed by atoms with Crippen LogP contribution >= 0.6 is 0 Å². The fourth-order valence-electron chi connectivity index (χ4n) is 4.48. The van der Waals surface area contributed by atoms with Crippen LogP contribution in [0.2, 0.25) is 0 Å². The molecule has 2 aliphatic rings. The van der Waals surface area contributed by atoms with Crippen LogP contribution in [-0.2, 0) is 0 Å². The van der Waals surface area contributed by atoms with Crippen LogP contribution in [0.3, 0.4) is 0 Å². The molecule has 0 aliphatic heterocycles. The largest absolute Gasteiger partial charge is 0.300 e. The topological polar surface area (TPSA) is 39.1 Å². The lowest BCUT2D eigenvalue weighted by atomic mass is 9.77. The second-order valence-electron chi connectivity index (χ2n) is 7.83. The second kappa shape index (κ2) is 7.11. The van der Waals surface area contributed by atoms with Crippen LogP contribution in [0, 0.1) is 17.2 Å². The van der Waals surface area contributed by atoms with Crippen LogP contribution in [-0.4, -0.2) is 35.6 Å². The molecule has 4 unspecified atom stereocenters. The minimum atomic E-state index is -0.300. The van der Waals surface area contributed by atoms with Crippen molar-refractivity contribution in [1.82, 2.24) is 10.2 Å². The smallest absolute Gasteiger partial charge is 0.108 e. The molecule has 21 heavy (non-hydrogen) atoms. The van der Waals surface area contributed by atoms with Gasteiger partial charge in [0.25, 0.3) is 0 Å². The highest BCUT2D eigenvalue weighted by atomic mass is 15.2. The maximum Gasteiger partial charge on any atom is 0.108 e. The van der Waals surface area contributed by atoms with Crippen molar-refractivity contribution in [3.63, 3.8) is 0 Å². The van der Waals surface area contributed by atoms with E-state index in [1.807, 2.05) is 0 Å². The molecule has 0 aromatic carbocycles. The molecule has 2 rings (SSSR count). The summed E-state index contributed by atoms with van der Waals surface area (Å²) in [7, 11) is 2.30. The molecule has 1 N–H and O–H groups in total. The van der Waals surface area contributed by atoms with Crippen molar-refractivity contribution in [2.75, 3.05) is 7.05 Å². The standard InChI is InChI=1S/C18H33N3/c1-14(2)20-18(13-19)10-6-9-17(12-18)21(4)16-8-5-7-15(3)11-16/h14-17,20H,5-12H2,1-4H3. The Kier molecular flexibility index (Phi) is 5.68. The molecule has 0 saturated heterocycles. The molecular weight excluding hydrogens is 258 g/mol. The fraction of sp³-hybridized carbons (Fsp3) is 0.944. The van der Waals surface area contributed by atoms with E-state index < -0.39 is 0 Å². The normalized spacial score (nSPS) is 37.7. The lowest BCUT2D eigenvalue weighted by Gasteiger charge is -2.45. The summed E-state index contributed by atoms with van der Waals surface area (Å²) in [6, 6.07) is 4.28. The van der Waals surface area contributed by atoms with E-state index in [0.29, 0.717) is 12.1 Å². The minimum absolute atomic E-state index is 0.300. The number of hydrogen-bond acceptors (Lipinski definition) is 3. The van der Waals surface area contributed by atoms with Crippen LogP contribution < -0.4 is 5.32 Å². The van der Waals surface area contributed by atoms with Gasteiger partial charge in [0.2, 0.25) is 0 Å². The van der Waals surface area contributed by atoms with Gasteiger partial charge in [0, 0.05) is 18.1 Å². The summed E-state index contributed by atoms with van der Waals surface area (Å²) in [5.74, 6) is 0.865. The Morgan fingerprint density at radius 2 is 1.90 bits per heavy atom. The van der Waals surface area contributed by atoms with E-state index in [2.05, 4.69) is 44.1 Å². The van der Waals surface area contributed by atoms with E-state index in [4.69, 9.17) is 0 Å². The van der Waals surface area contributed by atoms with Crippen LogP contribution in [0.15, 0.2) is 0 Å². The van der Waals surface area contributed by atoms with Gasteiger partial charge >= 0.3 is 0 Å². The van der Waals surface area contributed by atoms with E-state index in [0.717, 1.165) is 24.8 Å². The highest BCUT2D eigenvalue weighted by molar-refractivity contribution is 5.12. The molecule has 2 aliphatic carbocycles. The summed E-state index contributed by atoms with van der Waals surface area (Å²) in [4.78, 5) is 2.61. The predicted octanol–water partition coefficient (Wildman–Crippen LogP) is 3.70. The first-order chi connectivity index (χ1) is 9.96. The first kappa shape index (κ1) is 16.8. The summed E-state index contributed by atoms with van der Waals surface area (Å²) < 4.78 is 0. The monoisotopic (exact) mass is 291 g/mol. The third-order valence-electron chi connectivity index (χ3n) is 5.56. The molecule has 0 bridgehead atoms. The van der Waals surface area contributed by atoms with Crippen LogP contribution in [0.5, 0.6) is 0 Å². The average Bonchev–Trinajstić information content (AvgIpc) is 2.46. The Morgan fingerprint density at radius 3 is 2.52 bits per heavy atom. The maximum absolute atomic E-state index is 9.71. The molecule has 2 fully saturated rings. The third-order valence-corrected chi connectivity index (χ3v) is 5.56. The molecule has 3 heteroatoms. The minimum Gasteiger partial charge on any atom is -0.300 e. The van der Waals surface area contributed by atoms with Crippen LogP contribution in [0.1, 0.15) is 72.1 Å². The van der Waals surface area contributed by atoms with Crippen molar-refractivity contribution in [3.05, 3.63) is 0 Å². The van der Waals surface area contributed by atoms with E-state index in [1.54, 1.807) is 0 Å². The van der Waals surface area contributed by atoms with Gasteiger partial charge in [-0.05, 0) is 65.3 Å². The number of nitrogens with one attached hydrogen (secondary N) is 1.